The molecule has 154 valence electrons. The molecule has 6 nitrogen and oxygen atoms in total. The quantitative estimate of drug-likeness (QED) is 0.707. The third-order valence-corrected chi connectivity index (χ3v) is 6.89. The van der Waals surface area contributed by atoms with Crippen molar-refractivity contribution in [2.45, 2.75) is 38.0 Å². The van der Waals surface area contributed by atoms with Crippen LogP contribution in [0.1, 0.15) is 29.5 Å². The molecule has 1 aliphatic carbocycles. The van der Waals surface area contributed by atoms with E-state index >= 15 is 0 Å². The molecule has 2 aromatic carbocycles. The Kier molecular flexibility index (Phi) is 5.36. The zero-order chi connectivity index (χ0) is 20.6. The Labute approximate surface area is 171 Å². The van der Waals surface area contributed by atoms with Crippen molar-refractivity contribution in [1.29, 1.82) is 0 Å². The second-order valence-electron chi connectivity index (χ2n) is 7.82. The Balaban J connectivity index is 1.37. The predicted molar refractivity (Wildman–Crippen MR) is 112 cm³/mol. The molecule has 1 amide bonds. The minimum absolute atomic E-state index is 0.156. The van der Waals surface area contributed by atoms with E-state index in [0.29, 0.717) is 13.0 Å². The summed E-state index contributed by atoms with van der Waals surface area (Å²) in [4.78, 5) is 14.4. The molecule has 29 heavy (non-hydrogen) atoms. The number of amides is 1. The average molecular weight is 415 g/mol. The Morgan fingerprint density at radius 2 is 1.97 bits per heavy atom. The van der Waals surface area contributed by atoms with Gasteiger partial charge in [-0.2, -0.15) is 0 Å². The van der Waals surface area contributed by atoms with E-state index in [2.05, 4.69) is 4.72 Å². The van der Waals surface area contributed by atoms with Crippen LogP contribution in [0.25, 0.3) is 0 Å². The lowest BCUT2D eigenvalue weighted by molar-refractivity contribution is -0.119. The van der Waals surface area contributed by atoms with Gasteiger partial charge in [0.2, 0.25) is 15.9 Å². The summed E-state index contributed by atoms with van der Waals surface area (Å²) in [6, 6.07) is 10.9. The molecule has 1 saturated carbocycles. The van der Waals surface area contributed by atoms with Crippen molar-refractivity contribution >= 4 is 21.6 Å². The van der Waals surface area contributed by atoms with E-state index in [0.717, 1.165) is 41.0 Å². The van der Waals surface area contributed by atoms with Gasteiger partial charge in [0.05, 0.1) is 4.90 Å². The molecule has 0 spiro atoms. The maximum absolute atomic E-state index is 12.6. The van der Waals surface area contributed by atoms with Crippen molar-refractivity contribution in [1.82, 2.24) is 4.72 Å². The van der Waals surface area contributed by atoms with E-state index in [4.69, 9.17) is 4.74 Å². The van der Waals surface area contributed by atoms with Crippen LogP contribution < -0.4 is 14.4 Å². The second-order valence-corrected chi connectivity index (χ2v) is 9.59. The fourth-order valence-electron chi connectivity index (χ4n) is 3.71. The third-order valence-electron chi connectivity index (χ3n) is 5.43. The number of aryl methyl sites for hydroxylation is 2. The first-order chi connectivity index (χ1) is 13.8. The lowest BCUT2D eigenvalue weighted by Gasteiger charge is -2.17. The van der Waals surface area contributed by atoms with Gasteiger partial charge < -0.3 is 9.64 Å². The van der Waals surface area contributed by atoms with Crippen LogP contribution in [0.3, 0.4) is 0 Å². The lowest BCUT2D eigenvalue weighted by atomic mass is 10.1. The maximum atomic E-state index is 12.6. The van der Waals surface area contributed by atoms with Gasteiger partial charge in [0.25, 0.3) is 0 Å². The fourth-order valence-corrected chi connectivity index (χ4v) is 4.77. The van der Waals surface area contributed by atoms with Gasteiger partial charge in [-0.25, -0.2) is 13.1 Å². The van der Waals surface area contributed by atoms with Gasteiger partial charge in [-0.15, -0.1) is 0 Å². The number of hydrogen-bond donors (Lipinski definition) is 1. The van der Waals surface area contributed by atoms with Gasteiger partial charge in [-0.3, -0.25) is 4.79 Å². The summed E-state index contributed by atoms with van der Waals surface area (Å²) >= 11 is 0. The average Bonchev–Trinajstić information content (AvgIpc) is 3.45. The van der Waals surface area contributed by atoms with Gasteiger partial charge in [-0.05, 0) is 68.5 Å². The SMILES string of the molecule is Cc1ccc(OCCNS(=O)(=O)c2ccc3c(c2)CCN3C(=O)C2CC2)c(C)c1. The zero-order valence-corrected chi connectivity index (χ0v) is 17.6. The molecule has 2 aromatic rings. The first-order valence-corrected chi connectivity index (χ1v) is 11.5. The molecule has 0 radical (unpaired) electrons. The van der Waals surface area contributed by atoms with E-state index in [1.165, 1.54) is 0 Å². The van der Waals surface area contributed by atoms with Crippen LogP contribution in [0.2, 0.25) is 0 Å². The molecule has 2 aliphatic rings. The van der Waals surface area contributed by atoms with Crippen LogP contribution in [-0.4, -0.2) is 34.0 Å². The summed E-state index contributed by atoms with van der Waals surface area (Å²) in [6.07, 6.45) is 2.61. The highest BCUT2D eigenvalue weighted by molar-refractivity contribution is 7.89. The molecule has 7 heteroatoms. The van der Waals surface area contributed by atoms with Crippen LogP contribution in [0.4, 0.5) is 5.69 Å². The minimum Gasteiger partial charge on any atom is -0.492 e. The number of hydrogen-bond acceptors (Lipinski definition) is 4. The Morgan fingerprint density at radius 1 is 1.17 bits per heavy atom. The zero-order valence-electron chi connectivity index (χ0n) is 16.8. The van der Waals surface area contributed by atoms with E-state index < -0.39 is 10.0 Å². The first-order valence-electron chi connectivity index (χ1n) is 9.99. The number of anilines is 1. The Bertz CT molecular complexity index is 1040. The number of carbonyl (C=O) groups is 1. The summed E-state index contributed by atoms with van der Waals surface area (Å²) < 4.78 is 33.6. The number of sulfonamides is 1. The molecule has 0 bridgehead atoms. The van der Waals surface area contributed by atoms with Crippen LogP contribution in [0.5, 0.6) is 5.75 Å². The molecular formula is C22H26N2O4S. The summed E-state index contributed by atoms with van der Waals surface area (Å²) in [7, 11) is -3.63. The highest BCUT2D eigenvalue weighted by atomic mass is 32.2. The highest BCUT2D eigenvalue weighted by Gasteiger charge is 2.36. The van der Waals surface area contributed by atoms with E-state index in [1.54, 1.807) is 23.1 Å². The van der Waals surface area contributed by atoms with Crippen LogP contribution >= 0.6 is 0 Å². The van der Waals surface area contributed by atoms with Crippen LogP contribution in [-0.2, 0) is 21.2 Å². The van der Waals surface area contributed by atoms with Crippen molar-refractivity contribution in [2.75, 3.05) is 24.6 Å². The smallest absolute Gasteiger partial charge is 0.240 e. The minimum atomic E-state index is -3.63. The number of benzene rings is 2. The molecule has 1 fully saturated rings. The normalized spacial score (nSPS) is 16.0. The largest absolute Gasteiger partial charge is 0.492 e. The molecule has 4 rings (SSSR count). The topological polar surface area (TPSA) is 75.7 Å². The van der Waals surface area contributed by atoms with Crippen molar-refractivity contribution in [3.05, 3.63) is 53.1 Å². The van der Waals surface area contributed by atoms with Gasteiger partial charge in [0.15, 0.2) is 0 Å². The molecular weight excluding hydrogens is 388 g/mol. The Morgan fingerprint density at radius 3 is 2.69 bits per heavy atom. The van der Waals surface area contributed by atoms with Gasteiger partial charge in [0.1, 0.15) is 12.4 Å². The monoisotopic (exact) mass is 414 g/mol. The first kappa shape index (κ1) is 19.9. The molecule has 0 aromatic heterocycles. The molecule has 0 unspecified atom stereocenters. The van der Waals surface area contributed by atoms with Crippen LogP contribution in [0, 0.1) is 19.8 Å². The van der Waals surface area contributed by atoms with E-state index in [9.17, 15) is 13.2 Å². The maximum Gasteiger partial charge on any atom is 0.240 e. The number of nitrogens with zero attached hydrogens (tertiary/aromatic N) is 1. The molecule has 0 atom stereocenters. The summed E-state index contributed by atoms with van der Waals surface area (Å²) in [5.41, 5.74) is 3.94. The molecule has 1 heterocycles. The van der Waals surface area contributed by atoms with Crippen molar-refractivity contribution in [3.63, 3.8) is 0 Å². The standard InChI is InChI=1S/C22H26N2O4S/c1-15-3-8-21(16(2)13-15)28-12-10-23-29(26,27)19-6-7-20-18(14-19)9-11-24(20)22(25)17-4-5-17/h3,6-8,13-14,17,23H,4-5,9-12H2,1-2H3. The predicted octanol–water partition coefficient (Wildman–Crippen LogP) is 2.96. The van der Waals surface area contributed by atoms with Crippen LogP contribution in [0.15, 0.2) is 41.3 Å². The number of rotatable bonds is 7. The number of carbonyl (C=O) groups excluding carboxylic acids is 1. The van der Waals surface area contributed by atoms with Crippen molar-refractivity contribution in [3.8, 4) is 5.75 Å². The fraction of sp³-hybridized carbons (Fsp3) is 0.409. The number of fused-ring (bicyclic) bond motifs is 1. The van der Waals surface area contributed by atoms with Gasteiger partial charge in [0, 0.05) is 24.7 Å². The molecule has 1 aliphatic heterocycles. The Hall–Kier alpha value is -2.38. The third kappa shape index (κ3) is 4.31. The van der Waals surface area contributed by atoms with Gasteiger partial charge in [-0.1, -0.05) is 17.7 Å². The lowest BCUT2D eigenvalue weighted by Crippen LogP contribution is -2.30. The van der Waals surface area contributed by atoms with Crippen molar-refractivity contribution < 1.29 is 17.9 Å². The van der Waals surface area contributed by atoms with Crippen molar-refractivity contribution in [2.24, 2.45) is 5.92 Å². The molecule has 1 N–H and O–H groups in total. The number of nitrogens with one attached hydrogen (secondary N) is 1. The second kappa shape index (κ2) is 7.80. The van der Waals surface area contributed by atoms with E-state index in [1.807, 2.05) is 32.0 Å². The summed E-state index contributed by atoms with van der Waals surface area (Å²) in [5.74, 6) is 1.08. The molecule has 0 saturated heterocycles. The highest BCUT2D eigenvalue weighted by Crippen LogP contribution is 2.37. The van der Waals surface area contributed by atoms with E-state index in [-0.39, 0.29) is 29.9 Å². The summed E-state index contributed by atoms with van der Waals surface area (Å²) in [6.45, 7) is 5.04. The summed E-state index contributed by atoms with van der Waals surface area (Å²) in [5, 5.41) is 0. The number of ether oxygens (including phenoxy) is 1. The van der Waals surface area contributed by atoms with Gasteiger partial charge >= 0.3 is 0 Å².